The molecule has 0 bridgehead atoms. The Kier molecular flexibility index (Phi) is 2.75. The van der Waals surface area contributed by atoms with Crippen molar-refractivity contribution in [3.8, 4) is 0 Å². The van der Waals surface area contributed by atoms with Gasteiger partial charge in [0.25, 0.3) is 0 Å². The van der Waals surface area contributed by atoms with Gasteiger partial charge in [0.15, 0.2) is 0 Å². The predicted molar refractivity (Wildman–Crippen MR) is 57.4 cm³/mol. The molecule has 1 aromatic rings. The number of hydrogen-bond acceptors (Lipinski definition) is 2. The van der Waals surface area contributed by atoms with Crippen LogP contribution >= 0.6 is 0 Å². The quantitative estimate of drug-likeness (QED) is 0.761. The van der Waals surface area contributed by atoms with Crippen LogP contribution in [0.4, 0.5) is 0 Å². The van der Waals surface area contributed by atoms with Gasteiger partial charge in [0, 0.05) is 24.1 Å². The summed E-state index contributed by atoms with van der Waals surface area (Å²) in [4.78, 5) is 19.1. The van der Waals surface area contributed by atoms with Gasteiger partial charge in [-0.3, -0.25) is 4.79 Å². The van der Waals surface area contributed by atoms with Gasteiger partial charge >= 0.3 is 0 Å². The van der Waals surface area contributed by atoms with Gasteiger partial charge in [0.05, 0.1) is 12.0 Å². The minimum Gasteiger partial charge on any atom is -0.354 e. The van der Waals surface area contributed by atoms with E-state index in [2.05, 4.69) is 15.3 Å². The molecular formula is C11H17N3O. The van der Waals surface area contributed by atoms with Crippen LogP contribution in [0.2, 0.25) is 0 Å². The van der Waals surface area contributed by atoms with Gasteiger partial charge in [-0.15, -0.1) is 0 Å². The first-order valence-corrected chi connectivity index (χ1v) is 5.48. The molecule has 0 aromatic carbocycles. The van der Waals surface area contributed by atoms with Crippen molar-refractivity contribution < 1.29 is 4.79 Å². The maximum absolute atomic E-state index is 11.8. The normalized spacial score (nSPS) is 20.1. The standard InChI is InChI=1S/C11H17N3O/c1-7(2)14-11(15)8-3-4-9-10(5-8)13-6-12-9/h6-8H,3-5H2,1-2H3,(H,12,13)(H,14,15). The lowest BCUT2D eigenvalue weighted by Crippen LogP contribution is -2.38. The fraction of sp³-hybridized carbons (Fsp3) is 0.636. The number of carbonyl (C=O) groups is 1. The summed E-state index contributed by atoms with van der Waals surface area (Å²) in [5.41, 5.74) is 2.26. The molecule has 4 nitrogen and oxygen atoms in total. The number of H-pyrrole nitrogens is 1. The Morgan fingerprint density at radius 1 is 1.67 bits per heavy atom. The zero-order chi connectivity index (χ0) is 10.8. The van der Waals surface area contributed by atoms with E-state index in [-0.39, 0.29) is 17.9 Å². The summed E-state index contributed by atoms with van der Waals surface area (Å²) in [5.74, 6) is 0.283. The minimum atomic E-state index is 0.111. The number of aromatic amines is 1. The molecule has 82 valence electrons. The molecule has 0 saturated carbocycles. The van der Waals surface area contributed by atoms with Gasteiger partial charge in [-0.05, 0) is 26.7 Å². The number of aryl methyl sites for hydroxylation is 1. The van der Waals surface area contributed by atoms with Gasteiger partial charge in [0.2, 0.25) is 5.91 Å². The molecule has 4 heteroatoms. The van der Waals surface area contributed by atoms with Crippen molar-refractivity contribution in [1.82, 2.24) is 15.3 Å². The highest BCUT2D eigenvalue weighted by molar-refractivity contribution is 5.79. The van der Waals surface area contributed by atoms with Crippen molar-refractivity contribution in [2.75, 3.05) is 0 Å². The average molecular weight is 207 g/mol. The summed E-state index contributed by atoms with van der Waals surface area (Å²) in [6.45, 7) is 3.98. The number of imidazole rings is 1. The third-order valence-electron chi connectivity index (χ3n) is 2.79. The van der Waals surface area contributed by atoms with Crippen LogP contribution in [0.25, 0.3) is 0 Å². The number of fused-ring (bicyclic) bond motifs is 1. The molecule has 1 unspecified atom stereocenters. The van der Waals surface area contributed by atoms with Crippen molar-refractivity contribution in [1.29, 1.82) is 0 Å². The molecule has 1 aliphatic rings. The zero-order valence-electron chi connectivity index (χ0n) is 9.21. The predicted octanol–water partition coefficient (Wildman–Crippen LogP) is 1.04. The lowest BCUT2D eigenvalue weighted by atomic mass is 9.89. The van der Waals surface area contributed by atoms with Gasteiger partial charge in [-0.25, -0.2) is 4.98 Å². The molecule has 0 radical (unpaired) electrons. The molecule has 1 aromatic heterocycles. The third kappa shape index (κ3) is 2.19. The Morgan fingerprint density at radius 2 is 2.47 bits per heavy atom. The van der Waals surface area contributed by atoms with E-state index in [0.717, 1.165) is 30.7 Å². The Labute approximate surface area is 89.5 Å². The molecule has 1 aliphatic carbocycles. The van der Waals surface area contributed by atoms with E-state index >= 15 is 0 Å². The first kappa shape index (κ1) is 10.2. The monoisotopic (exact) mass is 207 g/mol. The Balaban J connectivity index is 2.00. The summed E-state index contributed by atoms with van der Waals surface area (Å²) in [7, 11) is 0. The molecule has 0 fully saturated rings. The van der Waals surface area contributed by atoms with Gasteiger partial charge in [0.1, 0.15) is 0 Å². The second kappa shape index (κ2) is 4.04. The number of hydrogen-bond donors (Lipinski definition) is 2. The van der Waals surface area contributed by atoms with E-state index in [1.165, 1.54) is 0 Å². The highest BCUT2D eigenvalue weighted by Gasteiger charge is 2.26. The number of carbonyl (C=O) groups excluding carboxylic acids is 1. The highest BCUT2D eigenvalue weighted by atomic mass is 16.1. The minimum absolute atomic E-state index is 0.111. The Hall–Kier alpha value is -1.32. The number of aromatic nitrogens is 2. The van der Waals surface area contributed by atoms with E-state index < -0.39 is 0 Å². The van der Waals surface area contributed by atoms with Crippen LogP contribution in [0, 0.1) is 5.92 Å². The lowest BCUT2D eigenvalue weighted by Gasteiger charge is -2.21. The largest absolute Gasteiger partial charge is 0.354 e. The number of nitrogens with one attached hydrogen (secondary N) is 2. The maximum atomic E-state index is 11.8. The van der Waals surface area contributed by atoms with E-state index in [1.807, 2.05) is 13.8 Å². The summed E-state index contributed by atoms with van der Waals surface area (Å²) in [6, 6.07) is 0.223. The second-order valence-electron chi connectivity index (χ2n) is 4.43. The maximum Gasteiger partial charge on any atom is 0.223 e. The fourth-order valence-corrected chi connectivity index (χ4v) is 2.03. The van der Waals surface area contributed by atoms with Crippen molar-refractivity contribution in [3.05, 3.63) is 17.7 Å². The van der Waals surface area contributed by atoms with Crippen molar-refractivity contribution in [2.24, 2.45) is 5.92 Å². The van der Waals surface area contributed by atoms with Crippen molar-refractivity contribution >= 4 is 5.91 Å². The molecule has 1 atom stereocenters. The van der Waals surface area contributed by atoms with E-state index in [9.17, 15) is 4.79 Å². The van der Waals surface area contributed by atoms with Gasteiger partial charge in [-0.1, -0.05) is 0 Å². The van der Waals surface area contributed by atoms with Crippen LogP contribution in [0.5, 0.6) is 0 Å². The summed E-state index contributed by atoms with van der Waals surface area (Å²) in [5, 5.41) is 2.96. The second-order valence-corrected chi connectivity index (χ2v) is 4.43. The van der Waals surface area contributed by atoms with Crippen LogP contribution < -0.4 is 5.32 Å². The van der Waals surface area contributed by atoms with Crippen LogP contribution in [-0.2, 0) is 17.6 Å². The van der Waals surface area contributed by atoms with Crippen LogP contribution in [0.3, 0.4) is 0 Å². The first-order chi connectivity index (χ1) is 7.16. The average Bonchev–Trinajstić information content (AvgIpc) is 2.62. The van der Waals surface area contributed by atoms with E-state index in [0.29, 0.717) is 0 Å². The molecule has 2 rings (SSSR count). The number of nitrogens with zero attached hydrogens (tertiary/aromatic N) is 1. The van der Waals surface area contributed by atoms with E-state index in [1.54, 1.807) is 6.33 Å². The van der Waals surface area contributed by atoms with Crippen LogP contribution in [0.15, 0.2) is 6.33 Å². The van der Waals surface area contributed by atoms with Crippen molar-refractivity contribution in [2.45, 2.75) is 39.2 Å². The molecular weight excluding hydrogens is 190 g/mol. The Bertz CT molecular complexity index is 356. The Morgan fingerprint density at radius 3 is 3.20 bits per heavy atom. The smallest absolute Gasteiger partial charge is 0.223 e. The van der Waals surface area contributed by atoms with Crippen LogP contribution in [0.1, 0.15) is 31.7 Å². The molecule has 0 aliphatic heterocycles. The lowest BCUT2D eigenvalue weighted by molar-refractivity contribution is -0.125. The first-order valence-electron chi connectivity index (χ1n) is 5.48. The topological polar surface area (TPSA) is 57.8 Å². The molecule has 0 spiro atoms. The molecule has 2 N–H and O–H groups in total. The summed E-state index contributed by atoms with van der Waals surface area (Å²) >= 11 is 0. The number of rotatable bonds is 2. The molecule has 0 saturated heterocycles. The number of amides is 1. The van der Waals surface area contributed by atoms with Crippen LogP contribution in [-0.4, -0.2) is 21.9 Å². The zero-order valence-corrected chi connectivity index (χ0v) is 9.21. The summed E-state index contributed by atoms with van der Waals surface area (Å²) in [6.07, 6.45) is 4.34. The summed E-state index contributed by atoms with van der Waals surface area (Å²) < 4.78 is 0. The van der Waals surface area contributed by atoms with Gasteiger partial charge in [-0.2, -0.15) is 0 Å². The fourth-order valence-electron chi connectivity index (χ4n) is 2.03. The van der Waals surface area contributed by atoms with Gasteiger partial charge < -0.3 is 10.3 Å². The SMILES string of the molecule is CC(C)NC(=O)C1CCc2nc[nH]c2C1. The van der Waals surface area contributed by atoms with E-state index in [4.69, 9.17) is 0 Å². The molecule has 15 heavy (non-hydrogen) atoms. The van der Waals surface area contributed by atoms with Crippen molar-refractivity contribution in [3.63, 3.8) is 0 Å². The molecule has 1 heterocycles. The highest BCUT2D eigenvalue weighted by Crippen LogP contribution is 2.22. The third-order valence-corrected chi connectivity index (χ3v) is 2.79. The molecule has 1 amide bonds.